The van der Waals surface area contributed by atoms with Crippen LogP contribution in [-0.2, 0) is 10.4 Å². The molecule has 1 aromatic heterocycles. The molecule has 1 N–H and O–H groups in total. The summed E-state index contributed by atoms with van der Waals surface area (Å²) in [6, 6.07) is 8.12. The molecule has 0 spiro atoms. The van der Waals surface area contributed by atoms with Gasteiger partial charge in [-0.05, 0) is 55.3 Å². The van der Waals surface area contributed by atoms with Gasteiger partial charge in [-0.15, -0.1) is 11.3 Å². The second kappa shape index (κ2) is 9.20. The van der Waals surface area contributed by atoms with E-state index in [0.717, 1.165) is 5.01 Å². The largest absolute Gasteiger partial charge is 0.435 e. The minimum atomic E-state index is -4.78. The van der Waals surface area contributed by atoms with E-state index in [0.29, 0.717) is 16.7 Å². The Hall–Kier alpha value is -2.62. The molecule has 0 saturated heterocycles. The smallest absolute Gasteiger partial charge is 0.374 e. The fraction of sp³-hybridized carbons (Fsp3) is 0.261. The first kappa shape index (κ1) is 24.5. The number of amides is 1. The average Bonchev–Trinajstić information content (AvgIpc) is 3.43. The highest BCUT2D eigenvalue weighted by Crippen LogP contribution is 2.49. The zero-order valence-corrected chi connectivity index (χ0v) is 20.2. The molecular weight excluding hydrogens is 510 g/mol. The summed E-state index contributed by atoms with van der Waals surface area (Å²) in [5.41, 5.74) is -1.46. The van der Waals surface area contributed by atoms with Crippen LogP contribution in [0.4, 0.5) is 13.2 Å². The van der Waals surface area contributed by atoms with E-state index in [9.17, 15) is 18.0 Å². The summed E-state index contributed by atoms with van der Waals surface area (Å²) in [7, 11) is 0. The maximum Gasteiger partial charge on any atom is 0.435 e. The van der Waals surface area contributed by atoms with Crippen molar-refractivity contribution in [3.05, 3.63) is 85.3 Å². The lowest BCUT2D eigenvalue weighted by atomic mass is 9.86. The number of nitrogens with zero attached hydrogens (tertiary/aromatic N) is 2. The van der Waals surface area contributed by atoms with Gasteiger partial charge in [-0.2, -0.15) is 13.2 Å². The van der Waals surface area contributed by atoms with E-state index in [1.165, 1.54) is 29.5 Å². The van der Waals surface area contributed by atoms with Crippen LogP contribution in [-0.4, -0.2) is 22.8 Å². The van der Waals surface area contributed by atoms with Gasteiger partial charge in [0, 0.05) is 39.2 Å². The number of aromatic nitrogens is 1. The Morgan fingerprint density at radius 1 is 1.21 bits per heavy atom. The third-order valence-electron chi connectivity index (χ3n) is 5.49. The third kappa shape index (κ3) is 4.64. The van der Waals surface area contributed by atoms with Gasteiger partial charge >= 0.3 is 6.18 Å². The Balaban J connectivity index is 1.58. The van der Waals surface area contributed by atoms with Crippen LogP contribution in [0.5, 0.6) is 0 Å². The summed E-state index contributed by atoms with van der Waals surface area (Å²) in [4.78, 5) is 22.0. The number of benzene rings is 2. The monoisotopic (exact) mass is 527 g/mol. The first-order valence-electron chi connectivity index (χ1n) is 10.1. The highest BCUT2D eigenvalue weighted by atomic mass is 35.5. The Labute approximate surface area is 207 Å². The molecule has 2 atom stereocenters. The minimum absolute atomic E-state index is 0.0568. The van der Waals surface area contributed by atoms with E-state index in [1.807, 2.05) is 12.3 Å². The Morgan fingerprint density at radius 3 is 2.50 bits per heavy atom. The van der Waals surface area contributed by atoms with Crippen molar-refractivity contribution in [1.29, 1.82) is 0 Å². The second-order valence-corrected chi connectivity index (χ2v) is 9.68. The topological polar surface area (TPSA) is 63.6 Å². The molecule has 1 amide bonds. The maximum atomic E-state index is 14.2. The van der Waals surface area contributed by atoms with E-state index >= 15 is 0 Å². The Kier molecular flexibility index (Phi) is 6.63. The Morgan fingerprint density at radius 2 is 1.91 bits per heavy atom. The third-order valence-corrected chi connectivity index (χ3v) is 6.88. The Bertz CT molecular complexity index is 1240. The van der Waals surface area contributed by atoms with Crippen molar-refractivity contribution in [3.8, 4) is 0 Å². The zero-order valence-electron chi connectivity index (χ0n) is 17.9. The summed E-state index contributed by atoms with van der Waals surface area (Å²) < 4.78 is 42.6. The summed E-state index contributed by atoms with van der Waals surface area (Å²) in [6.07, 6.45) is -3.70. The number of alkyl halides is 3. The van der Waals surface area contributed by atoms with Crippen molar-refractivity contribution in [2.45, 2.75) is 38.1 Å². The first-order chi connectivity index (χ1) is 16.0. The number of aryl methyl sites for hydroxylation is 1. The lowest BCUT2D eigenvalue weighted by Crippen LogP contribution is -2.42. The van der Waals surface area contributed by atoms with Gasteiger partial charge in [0.15, 0.2) is 0 Å². The van der Waals surface area contributed by atoms with Crippen LogP contribution < -0.4 is 5.32 Å². The SMILES string of the molecule is Cc1cc(C2=NOC(c3cc(Cl)cc(Cl)c3)(C(F)(F)F)C2)ccc1C(=O)NC(C)c1nccs1. The predicted octanol–water partition coefficient (Wildman–Crippen LogP) is 6.83. The van der Waals surface area contributed by atoms with E-state index in [4.69, 9.17) is 28.0 Å². The van der Waals surface area contributed by atoms with Gasteiger partial charge in [0.1, 0.15) is 5.01 Å². The molecule has 11 heteroatoms. The molecule has 2 unspecified atom stereocenters. The van der Waals surface area contributed by atoms with Gasteiger partial charge < -0.3 is 10.2 Å². The molecule has 0 fully saturated rings. The molecule has 2 heterocycles. The average molecular weight is 528 g/mol. The molecule has 5 nitrogen and oxygen atoms in total. The lowest BCUT2D eigenvalue weighted by molar-refractivity contribution is -0.275. The number of oxime groups is 1. The lowest BCUT2D eigenvalue weighted by Gasteiger charge is -2.29. The van der Waals surface area contributed by atoms with Gasteiger partial charge in [0.05, 0.1) is 11.8 Å². The molecule has 0 aliphatic carbocycles. The van der Waals surface area contributed by atoms with Crippen molar-refractivity contribution in [2.24, 2.45) is 5.16 Å². The second-order valence-electron chi connectivity index (χ2n) is 7.88. The molecule has 1 aliphatic rings. The number of carbonyl (C=O) groups excluding carboxylic acids is 1. The van der Waals surface area contributed by atoms with E-state index < -0.39 is 18.2 Å². The predicted molar refractivity (Wildman–Crippen MR) is 126 cm³/mol. The minimum Gasteiger partial charge on any atom is -0.374 e. The van der Waals surface area contributed by atoms with Gasteiger partial charge in [-0.1, -0.05) is 34.4 Å². The quantitative estimate of drug-likeness (QED) is 0.395. The van der Waals surface area contributed by atoms with Gasteiger partial charge in [0.25, 0.3) is 11.5 Å². The fourth-order valence-electron chi connectivity index (χ4n) is 3.73. The fourth-order valence-corrected chi connectivity index (χ4v) is 4.90. The van der Waals surface area contributed by atoms with Crippen LogP contribution in [0.3, 0.4) is 0 Å². The van der Waals surface area contributed by atoms with Crippen LogP contribution in [0.15, 0.2) is 53.1 Å². The molecule has 4 rings (SSSR count). The molecule has 0 radical (unpaired) electrons. The van der Waals surface area contributed by atoms with Crippen LogP contribution >= 0.6 is 34.5 Å². The zero-order chi connectivity index (χ0) is 24.7. The van der Waals surface area contributed by atoms with Gasteiger partial charge in [0.2, 0.25) is 0 Å². The maximum absolute atomic E-state index is 14.2. The number of hydrogen-bond acceptors (Lipinski definition) is 5. The van der Waals surface area contributed by atoms with Crippen LogP contribution in [0.1, 0.15) is 51.4 Å². The molecule has 178 valence electrons. The molecule has 0 saturated carbocycles. The normalized spacial score (nSPS) is 18.9. The highest BCUT2D eigenvalue weighted by molar-refractivity contribution is 7.09. The molecule has 2 aromatic carbocycles. The van der Waals surface area contributed by atoms with Crippen LogP contribution in [0.2, 0.25) is 10.0 Å². The number of rotatable bonds is 5. The summed E-state index contributed by atoms with van der Waals surface area (Å²) >= 11 is 13.3. The van der Waals surface area contributed by atoms with Crippen molar-refractivity contribution in [3.63, 3.8) is 0 Å². The number of hydrogen-bond donors (Lipinski definition) is 1. The highest BCUT2D eigenvalue weighted by Gasteiger charge is 2.62. The standard InChI is InChI=1S/C23H18Cl2F3N3O2S/c1-12-7-14(3-4-18(12)20(32)30-13(2)21-29-5-6-34-21)19-11-22(33-31-19,23(26,27)28)15-8-16(24)10-17(25)9-15/h3-10,13H,11H2,1-2H3,(H,30,32). The number of nitrogens with one attached hydrogen (secondary N) is 1. The summed E-state index contributed by atoms with van der Waals surface area (Å²) in [6.45, 7) is 3.53. The van der Waals surface area contributed by atoms with Crippen molar-refractivity contribution >= 4 is 46.2 Å². The van der Waals surface area contributed by atoms with Gasteiger partial charge in [-0.25, -0.2) is 4.98 Å². The first-order valence-corrected chi connectivity index (χ1v) is 11.7. The summed E-state index contributed by atoms with van der Waals surface area (Å²) in [5.74, 6) is -0.311. The number of carbonyl (C=O) groups is 1. The summed E-state index contributed by atoms with van der Waals surface area (Å²) in [5, 5.41) is 9.34. The van der Waals surface area contributed by atoms with Gasteiger partial charge in [-0.3, -0.25) is 4.79 Å². The van der Waals surface area contributed by atoms with Crippen LogP contribution in [0, 0.1) is 6.92 Å². The number of thiazole rings is 1. The van der Waals surface area contributed by atoms with E-state index in [1.54, 1.807) is 31.3 Å². The van der Waals surface area contributed by atoms with Crippen molar-refractivity contribution in [1.82, 2.24) is 10.3 Å². The van der Waals surface area contributed by atoms with Crippen LogP contribution in [0.25, 0.3) is 0 Å². The van der Waals surface area contributed by atoms with E-state index in [-0.39, 0.29) is 33.3 Å². The molecular formula is C23H18Cl2F3N3O2S. The van der Waals surface area contributed by atoms with E-state index in [2.05, 4.69) is 15.5 Å². The molecule has 0 bridgehead atoms. The molecule has 34 heavy (non-hydrogen) atoms. The van der Waals surface area contributed by atoms with Crippen molar-refractivity contribution < 1.29 is 22.8 Å². The molecule has 3 aromatic rings. The molecule has 1 aliphatic heterocycles. The van der Waals surface area contributed by atoms with Crippen molar-refractivity contribution in [2.75, 3.05) is 0 Å². The number of halogens is 5.